The zero-order valence-corrected chi connectivity index (χ0v) is 15.4. The Morgan fingerprint density at radius 3 is 2.69 bits per heavy atom. The molecule has 4 rings (SSSR count). The summed E-state index contributed by atoms with van der Waals surface area (Å²) in [6.45, 7) is 0.721. The van der Waals surface area contributed by atoms with E-state index in [9.17, 15) is 4.79 Å². The van der Waals surface area contributed by atoms with Crippen molar-refractivity contribution in [3.05, 3.63) is 47.5 Å². The number of methoxy groups -OCH3 is 2. The number of fused-ring (bicyclic) bond motifs is 1. The van der Waals surface area contributed by atoms with Crippen LogP contribution in [0.5, 0.6) is 23.0 Å². The normalized spacial score (nSPS) is 18.3. The second kappa shape index (κ2) is 6.99. The maximum atomic E-state index is 12.5. The van der Waals surface area contributed by atoms with E-state index in [-0.39, 0.29) is 18.1 Å². The number of hydrogen-bond acceptors (Lipinski definition) is 6. The van der Waals surface area contributed by atoms with Gasteiger partial charge in [0.2, 0.25) is 18.4 Å². The highest BCUT2D eigenvalue weighted by Gasteiger charge is 2.34. The van der Waals surface area contributed by atoms with Gasteiger partial charge in [0.15, 0.2) is 11.5 Å². The summed E-state index contributed by atoms with van der Waals surface area (Å²) in [5, 5.41) is -0.0898. The Kier molecular flexibility index (Phi) is 4.55. The molecule has 7 heteroatoms. The van der Waals surface area contributed by atoms with Crippen molar-refractivity contribution in [2.75, 3.05) is 26.8 Å². The van der Waals surface area contributed by atoms with Crippen LogP contribution in [0.4, 0.5) is 0 Å². The topological polar surface area (TPSA) is 57.2 Å². The van der Waals surface area contributed by atoms with E-state index in [4.69, 9.17) is 18.9 Å². The first-order valence-electron chi connectivity index (χ1n) is 8.21. The fourth-order valence-electron chi connectivity index (χ4n) is 3.12. The molecule has 0 aromatic heterocycles. The average Bonchev–Trinajstić information content (AvgIpc) is 3.28. The SMILES string of the molecule is COc1ccc(CN2C(=O)CSC2c2cc(OC)c3c(c2)OCO3)cc1. The summed E-state index contributed by atoms with van der Waals surface area (Å²) in [6.07, 6.45) is 0. The number of carbonyl (C=O) groups excluding carboxylic acids is 1. The Labute approximate surface area is 156 Å². The minimum atomic E-state index is -0.0898. The standard InChI is InChI=1S/C19H19NO5S/c1-22-14-5-3-12(4-6-14)9-20-17(21)10-26-19(20)13-7-15(23-2)18-16(8-13)24-11-25-18/h3-8,19H,9-11H2,1-2H3. The van der Waals surface area contributed by atoms with Gasteiger partial charge in [-0.3, -0.25) is 4.79 Å². The van der Waals surface area contributed by atoms with Crippen molar-refractivity contribution in [2.45, 2.75) is 11.9 Å². The summed E-state index contributed by atoms with van der Waals surface area (Å²) in [7, 11) is 3.24. The average molecular weight is 373 g/mol. The number of carbonyl (C=O) groups is 1. The highest BCUT2D eigenvalue weighted by molar-refractivity contribution is 8.00. The molecular formula is C19H19NO5S. The molecule has 1 fully saturated rings. The second-order valence-corrected chi connectivity index (χ2v) is 7.06. The van der Waals surface area contributed by atoms with Gasteiger partial charge in [-0.05, 0) is 35.4 Å². The molecule has 2 heterocycles. The molecule has 136 valence electrons. The first-order valence-corrected chi connectivity index (χ1v) is 9.26. The zero-order valence-electron chi connectivity index (χ0n) is 14.6. The largest absolute Gasteiger partial charge is 0.497 e. The molecule has 6 nitrogen and oxygen atoms in total. The lowest BCUT2D eigenvalue weighted by Gasteiger charge is -2.25. The Hall–Kier alpha value is -2.54. The lowest BCUT2D eigenvalue weighted by atomic mass is 10.1. The van der Waals surface area contributed by atoms with Gasteiger partial charge < -0.3 is 23.8 Å². The summed E-state index contributed by atoms with van der Waals surface area (Å²) >= 11 is 1.60. The molecular weight excluding hydrogens is 354 g/mol. The van der Waals surface area contributed by atoms with Crippen LogP contribution in [0, 0.1) is 0 Å². The molecule has 0 N–H and O–H groups in total. The fourth-order valence-corrected chi connectivity index (χ4v) is 4.29. The molecule has 1 atom stereocenters. The quantitative estimate of drug-likeness (QED) is 0.802. The van der Waals surface area contributed by atoms with Gasteiger partial charge in [-0.25, -0.2) is 0 Å². The van der Waals surface area contributed by atoms with Gasteiger partial charge in [-0.2, -0.15) is 0 Å². The van der Waals surface area contributed by atoms with Gasteiger partial charge in [0.1, 0.15) is 11.1 Å². The number of rotatable bonds is 5. The van der Waals surface area contributed by atoms with Gasteiger partial charge in [0.25, 0.3) is 0 Å². The monoisotopic (exact) mass is 373 g/mol. The summed E-state index contributed by atoms with van der Waals surface area (Å²) in [5.41, 5.74) is 2.02. The number of amides is 1. The summed E-state index contributed by atoms with van der Waals surface area (Å²) in [4.78, 5) is 14.3. The van der Waals surface area contributed by atoms with Crippen LogP contribution in [-0.4, -0.2) is 37.6 Å². The molecule has 0 radical (unpaired) electrons. The van der Waals surface area contributed by atoms with Crippen molar-refractivity contribution in [3.8, 4) is 23.0 Å². The molecule has 1 amide bonds. The van der Waals surface area contributed by atoms with Crippen LogP contribution < -0.4 is 18.9 Å². The first kappa shape index (κ1) is 16.9. The first-order chi connectivity index (χ1) is 12.7. The van der Waals surface area contributed by atoms with Crippen LogP contribution in [0.2, 0.25) is 0 Å². The van der Waals surface area contributed by atoms with Crippen LogP contribution in [0.25, 0.3) is 0 Å². The van der Waals surface area contributed by atoms with E-state index in [0.717, 1.165) is 16.9 Å². The Bertz CT molecular complexity index is 823. The third-order valence-corrected chi connectivity index (χ3v) is 5.70. The van der Waals surface area contributed by atoms with E-state index in [1.807, 2.05) is 41.3 Å². The van der Waals surface area contributed by atoms with E-state index in [1.54, 1.807) is 26.0 Å². The van der Waals surface area contributed by atoms with Crippen molar-refractivity contribution in [3.63, 3.8) is 0 Å². The predicted octanol–water partition coefficient (Wildman–Crippen LogP) is 3.21. The lowest BCUT2D eigenvalue weighted by molar-refractivity contribution is -0.128. The molecule has 2 aliphatic heterocycles. The van der Waals surface area contributed by atoms with Gasteiger partial charge in [0.05, 0.1) is 20.0 Å². The van der Waals surface area contributed by atoms with Crippen molar-refractivity contribution in [1.29, 1.82) is 0 Å². The number of benzene rings is 2. The van der Waals surface area contributed by atoms with Gasteiger partial charge in [0, 0.05) is 6.54 Å². The Balaban J connectivity index is 1.62. The Morgan fingerprint density at radius 1 is 1.15 bits per heavy atom. The molecule has 1 unspecified atom stereocenters. The Morgan fingerprint density at radius 2 is 1.96 bits per heavy atom. The van der Waals surface area contributed by atoms with E-state index < -0.39 is 0 Å². The van der Waals surface area contributed by atoms with E-state index >= 15 is 0 Å². The molecule has 0 spiro atoms. The lowest BCUT2D eigenvalue weighted by Crippen LogP contribution is -2.27. The van der Waals surface area contributed by atoms with Gasteiger partial charge in [-0.15, -0.1) is 11.8 Å². The highest BCUT2D eigenvalue weighted by Crippen LogP contribution is 2.47. The van der Waals surface area contributed by atoms with Crippen molar-refractivity contribution < 1.29 is 23.7 Å². The number of ether oxygens (including phenoxy) is 4. The van der Waals surface area contributed by atoms with Crippen LogP contribution in [0.3, 0.4) is 0 Å². The molecule has 26 heavy (non-hydrogen) atoms. The highest BCUT2D eigenvalue weighted by atomic mass is 32.2. The summed E-state index contributed by atoms with van der Waals surface area (Å²) in [5.74, 6) is 3.27. The van der Waals surface area contributed by atoms with Crippen LogP contribution in [0.1, 0.15) is 16.5 Å². The molecule has 2 aliphatic rings. The van der Waals surface area contributed by atoms with Crippen LogP contribution in [-0.2, 0) is 11.3 Å². The summed E-state index contributed by atoms with van der Waals surface area (Å²) < 4.78 is 21.6. The third kappa shape index (κ3) is 3.03. The number of hydrogen-bond donors (Lipinski definition) is 0. The molecule has 0 aliphatic carbocycles. The summed E-state index contributed by atoms with van der Waals surface area (Å²) in [6, 6.07) is 11.6. The smallest absolute Gasteiger partial charge is 0.234 e. The van der Waals surface area contributed by atoms with Crippen molar-refractivity contribution in [2.24, 2.45) is 0 Å². The molecule has 2 aromatic rings. The maximum absolute atomic E-state index is 12.5. The van der Waals surface area contributed by atoms with Crippen molar-refractivity contribution >= 4 is 17.7 Å². The molecule has 1 saturated heterocycles. The predicted molar refractivity (Wildman–Crippen MR) is 97.9 cm³/mol. The van der Waals surface area contributed by atoms with Gasteiger partial charge in [-0.1, -0.05) is 12.1 Å². The van der Waals surface area contributed by atoms with E-state index in [0.29, 0.717) is 29.5 Å². The third-order valence-electron chi connectivity index (χ3n) is 4.45. The van der Waals surface area contributed by atoms with Crippen molar-refractivity contribution in [1.82, 2.24) is 4.90 Å². The second-order valence-electron chi connectivity index (χ2n) is 5.99. The van der Waals surface area contributed by atoms with Crippen LogP contribution >= 0.6 is 11.8 Å². The molecule has 0 saturated carbocycles. The minimum absolute atomic E-state index is 0.0898. The molecule has 0 bridgehead atoms. The maximum Gasteiger partial charge on any atom is 0.234 e. The number of thioether (sulfide) groups is 1. The van der Waals surface area contributed by atoms with Gasteiger partial charge >= 0.3 is 0 Å². The zero-order chi connectivity index (χ0) is 18.1. The van der Waals surface area contributed by atoms with Crippen LogP contribution in [0.15, 0.2) is 36.4 Å². The van der Waals surface area contributed by atoms with E-state index in [2.05, 4.69) is 0 Å². The molecule has 2 aromatic carbocycles. The number of nitrogens with zero attached hydrogens (tertiary/aromatic N) is 1. The fraction of sp³-hybridized carbons (Fsp3) is 0.316. The minimum Gasteiger partial charge on any atom is -0.497 e. The van der Waals surface area contributed by atoms with E-state index in [1.165, 1.54) is 0 Å².